The van der Waals surface area contributed by atoms with Crippen molar-refractivity contribution in [1.29, 1.82) is 0 Å². The fourth-order valence-corrected chi connectivity index (χ4v) is 4.18. The van der Waals surface area contributed by atoms with Gasteiger partial charge in [-0.05, 0) is 36.3 Å². The van der Waals surface area contributed by atoms with Gasteiger partial charge in [0.25, 0.3) is 0 Å². The second-order valence-corrected chi connectivity index (χ2v) is 8.93. The number of ether oxygens (including phenoxy) is 1. The van der Waals surface area contributed by atoms with Gasteiger partial charge in [-0.1, -0.05) is 53.6 Å². The van der Waals surface area contributed by atoms with Crippen LogP contribution in [0.25, 0.3) is 6.08 Å². The van der Waals surface area contributed by atoms with Crippen molar-refractivity contribution < 1.29 is 13.2 Å². The van der Waals surface area contributed by atoms with Gasteiger partial charge >= 0.3 is 0 Å². The van der Waals surface area contributed by atoms with E-state index in [-0.39, 0.29) is 6.04 Å². The zero-order valence-corrected chi connectivity index (χ0v) is 17.4. The number of morpholine rings is 1. The third-order valence-corrected chi connectivity index (χ3v) is 6.00. The van der Waals surface area contributed by atoms with Gasteiger partial charge in [-0.25, -0.2) is 13.1 Å². The lowest BCUT2D eigenvalue weighted by molar-refractivity contribution is 0.0345. The number of halogens is 1. The minimum atomic E-state index is -3.62. The van der Waals surface area contributed by atoms with Crippen molar-refractivity contribution in [3.05, 3.63) is 75.7 Å². The molecular formula is C21H25ClN2O3S. The van der Waals surface area contributed by atoms with Crippen LogP contribution >= 0.6 is 11.6 Å². The lowest BCUT2D eigenvalue weighted by Gasteiger charge is -2.30. The molecule has 1 fully saturated rings. The summed E-state index contributed by atoms with van der Waals surface area (Å²) in [5, 5.41) is 1.82. The zero-order chi connectivity index (χ0) is 20.0. The van der Waals surface area contributed by atoms with Gasteiger partial charge < -0.3 is 4.74 Å². The molecule has 150 valence electrons. The van der Waals surface area contributed by atoms with Crippen molar-refractivity contribution in [2.75, 3.05) is 32.8 Å². The van der Waals surface area contributed by atoms with Gasteiger partial charge in [-0.15, -0.1) is 0 Å². The largest absolute Gasteiger partial charge is 0.379 e. The quantitative estimate of drug-likeness (QED) is 0.743. The highest BCUT2D eigenvalue weighted by Gasteiger charge is 2.22. The summed E-state index contributed by atoms with van der Waals surface area (Å²) in [6.07, 6.45) is 1.57. The number of nitrogens with zero attached hydrogens (tertiary/aromatic N) is 1. The molecule has 5 nitrogen and oxygen atoms in total. The summed E-state index contributed by atoms with van der Waals surface area (Å²) in [6, 6.07) is 14.6. The van der Waals surface area contributed by atoms with Crippen molar-refractivity contribution in [1.82, 2.24) is 9.62 Å². The van der Waals surface area contributed by atoms with E-state index < -0.39 is 10.0 Å². The number of benzene rings is 2. The third-order valence-electron chi connectivity index (χ3n) is 4.64. The number of aryl methyl sites for hydroxylation is 1. The van der Waals surface area contributed by atoms with Crippen LogP contribution in [0.15, 0.2) is 53.9 Å². The first kappa shape index (κ1) is 21.0. The summed E-state index contributed by atoms with van der Waals surface area (Å²) >= 11 is 5.87. The summed E-state index contributed by atoms with van der Waals surface area (Å²) < 4.78 is 33.6. The van der Waals surface area contributed by atoms with Crippen LogP contribution in [0.3, 0.4) is 0 Å². The number of hydrogen-bond acceptors (Lipinski definition) is 4. The maximum atomic E-state index is 12.7. The Balaban J connectivity index is 1.76. The smallest absolute Gasteiger partial charge is 0.234 e. The summed E-state index contributed by atoms with van der Waals surface area (Å²) in [7, 11) is -3.62. The minimum absolute atomic E-state index is 0.335. The van der Waals surface area contributed by atoms with E-state index in [2.05, 4.69) is 9.62 Å². The lowest BCUT2D eigenvalue weighted by atomic mass is 10.1. The Morgan fingerprint density at radius 1 is 1.11 bits per heavy atom. The first-order valence-corrected chi connectivity index (χ1v) is 11.2. The first-order valence-electron chi connectivity index (χ1n) is 9.24. The average molecular weight is 421 g/mol. The molecule has 7 heteroatoms. The molecule has 28 heavy (non-hydrogen) atoms. The highest BCUT2D eigenvalue weighted by atomic mass is 35.5. The monoisotopic (exact) mass is 420 g/mol. The number of hydrogen-bond donors (Lipinski definition) is 1. The molecule has 1 heterocycles. The van der Waals surface area contributed by atoms with Crippen LogP contribution in [-0.2, 0) is 14.8 Å². The lowest BCUT2D eigenvalue weighted by Crippen LogP contribution is -2.42. The zero-order valence-electron chi connectivity index (χ0n) is 15.8. The second kappa shape index (κ2) is 9.67. The molecule has 0 spiro atoms. The molecule has 2 aromatic carbocycles. The molecule has 3 rings (SSSR count). The molecule has 1 N–H and O–H groups in total. The number of rotatable bonds is 7. The Hall–Kier alpha value is -1.70. The Kier molecular flexibility index (Phi) is 7.26. The topological polar surface area (TPSA) is 58.6 Å². The van der Waals surface area contributed by atoms with Crippen LogP contribution in [0.1, 0.15) is 22.7 Å². The summed E-state index contributed by atoms with van der Waals surface area (Å²) in [5.41, 5.74) is 2.86. The van der Waals surface area contributed by atoms with E-state index in [4.69, 9.17) is 16.3 Å². The van der Waals surface area contributed by atoms with Crippen LogP contribution in [0.2, 0.25) is 5.02 Å². The molecular weight excluding hydrogens is 396 g/mol. The molecule has 0 saturated carbocycles. The standard InChI is InChI=1S/C21H25ClN2O3S/c1-17-2-6-19(7-3-17)21(16-24-11-13-27-14-12-24)23-28(25,26)15-10-18-4-8-20(22)9-5-18/h2-10,15,21,23H,11-14,16H2,1H3/b15-10+. The normalized spacial score (nSPS) is 17.1. The predicted octanol–water partition coefficient (Wildman–Crippen LogP) is 3.61. The van der Waals surface area contributed by atoms with E-state index in [9.17, 15) is 8.42 Å². The Labute approximate surface area is 172 Å². The van der Waals surface area contributed by atoms with Crippen molar-refractivity contribution in [3.8, 4) is 0 Å². The fraction of sp³-hybridized carbons (Fsp3) is 0.333. The molecule has 1 unspecified atom stereocenters. The molecule has 0 amide bonds. The van der Waals surface area contributed by atoms with Gasteiger partial charge in [0.1, 0.15) is 0 Å². The van der Waals surface area contributed by atoms with E-state index >= 15 is 0 Å². The maximum Gasteiger partial charge on any atom is 0.234 e. The van der Waals surface area contributed by atoms with Gasteiger partial charge in [-0.3, -0.25) is 4.90 Å². The third kappa shape index (κ3) is 6.43. The highest BCUT2D eigenvalue weighted by Crippen LogP contribution is 2.18. The molecule has 0 bridgehead atoms. The SMILES string of the molecule is Cc1ccc(C(CN2CCOCC2)NS(=O)(=O)/C=C/c2ccc(Cl)cc2)cc1. The average Bonchev–Trinajstić information content (AvgIpc) is 2.68. The van der Waals surface area contributed by atoms with E-state index in [1.807, 2.05) is 31.2 Å². The molecule has 1 aliphatic rings. The van der Waals surface area contributed by atoms with Gasteiger partial charge in [0, 0.05) is 30.1 Å². The fourth-order valence-electron chi connectivity index (χ4n) is 3.03. The van der Waals surface area contributed by atoms with Crippen molar-refractivity contribution >= 4 is 27.7 Å². The van der Waals surface area contributed by atoms with E-state index in [0.29, 0.717) is 24.8 Å². The van der Waals surface area contributed by atoms with E-state index in [1.54, 1.807) is 30.3 Å². The van der Waals surface area contributed by atoms with Gasteiger partial charge in [0.05, 0.1) is 19.3 Å². The molecule has 1 saturated heterocycles. The van der Waals surface area contributed by atoms with Gasteiger partial charge in [-0.2, -0.15) is 0 Å². The van der Waals surface area contributed by atoms with E-state index in [0.717, 1.165) is 29.8 Å². The molecule has 0 radical (unpaired) electrons. The van der Waals surface area contributed by atoms with Crippen LogP contribution in [0, 0.1) is 6.92 Å². The van der Waals surface area contributed by atoms with Crippen molar-refractivity contribution in [3.63, 3.8) is 0 Å². The number of sulfonamides is 1. The molecule has 0 aliphatic carbocycles. The molecule has 0 aromatic heterocycles. The molecule has 1 atom stereocenters. The van der Waals surface area contributed by atoms with E-state index in [1.165, 1.54) is 5.41 Å². The highest BCUT2D eigenvalue weighted by molar-refractivity contribution is 7.92. The Morgan fingerprint density at radius 3 is 2.39 bits per heavy atom. The van der Waals surface area contributed by atoms with Crippen LogP contribution in [-0.4, -0.2) is 46.2 Å². The van der Waals surface area contributed by atoms with Crippen molar-refractivity contribution in [2.45, 2.75) is 13.0 Å². The molecule has 1 aliphatic heterocycles. The van der Waals surface area contributed by atoms with Crippen LogP contribution < -0.4 is 4.72 Å². The van der Waals surface area contributed by atoms with Crippen molar-refractivity contribution in [2.24, 2.45) is 0 Å². The molecule has 2 aromatic rings. The van der Waals surface area contributed by atoms with Crippen LogP contribution in [0.5, 0.6) is 0 Å². The summed E-state index contributed by atoms with van der Waals surface area (Å²) in [6.45, 7) is 5.54. The Bertz CT molecular complexity index is 890. The first-order chi connectivity index (χ1) is 13.4. The number of nitrogens with one attached hydrogen (secondary N) is 1. The van der Waals surface area contributed by atoms with Gasteiger partial charge in [0.2, 0.25) is 10.0 Å². The second-order valence-electron chi connectivity index (χ2n) is 6.89. The minimum Gasteiger partial charge on any atom is -0.379 e. The summed E-state index contributed by atoms with van der Waals surface area (Å²) in [5.74, 6) is 0. The predicted molar refractivity (Wildman–Crippen MR) is 114 cm³/mol. The van der Waals surface area contributed by atoms with Gasteiger partial charge in [0.15, 0.2) is 0 Å². The maximum absolute atomic E-state index is 12.7. The van der Waals surface area contributed by atoms with Crippen LogP contribution in [0.4, 0.5) is 0 Å². The Morgan fingerprint density at radius 2 is 1.75 bits per heavy atom. The summed E-state index contributed by atoms with van der Waals surface area (Å²) in [4.78, 5) is 2.22.